The minimum Gasteiger partial charge on any atom is -0.459 e. The van der Waals surface area contributed by atoms with Crippen molar-refractivity contribution in [2.75, 3.05) is 13.2 Å². The van der Waals surface area contributed by atoms with Crippen LogP contribution in [0.2, 0.25) is 0 Å². The van der Waals surface area contributed by atoms with Crippen molar-refractivity contribution in [1.29, 1.82) is 0 Å². The van der Waals surface area contributed by atoms with Gasteiger partial charge in [-0.05, 0) is 49.4 Å². The number of ether oxygens (including phenoxy) is 3. The Labute approximate surface area is 190 Å². The highest BCUT2D eigenvalue weighted by Gasteiger charge is 2.60. The van der Waals surface area contributed by atoms with Gasteiger partial charge in [-0.25, -0.2) is 4.79 Å². The van der Waals surface area contributed by atoms with Gasteiger partial charge in [0, 0.05) is 11.0 Å². The first-order valence-electron chi connectivity index (χ1n) is 11.9. The number of hydrogen-bond donors (Lipinski definition) is 1. The van der Waals surface area contributed by atoms with Crippen LogP contribution in [0.3, 0.4) is 0 Å². The van der Waals surface area contributed by atoms with Gasteiger partial charge in [-0.15, -0.1) is 0 Å². The van der Waals surface area contributed by atoms with Crippen LogP contribution in [0.1, 0.15) is 57.8 Å². The van der Waals surface area contributed by atoms with Crippen molar-refractivity contribution in [1.82, 2.24) is 0 Å². The number of aliphatic hydroxyl groups excluding tert-OH is 1. The molecule has 2 unspecified atom stereocenters. The van der Waals surface area contributed by atoms with Crippen LogP contribution in [-0.2, 0) is 19.0 Å². The molecule has 2 heterocycles. The molecule has 4 fully saturated rings. The maximum atomic E-state index is 12.0. The molecule has 2 saturated heterocycles. The van der Waals surface area contributed by atoms with Crippen LogP contribution >= 0.6 is 0 Å². The van der Waals surface area contributed by atoms with Gasteiger partial charge >= 0.3 is 5.97 Å². The molecular weight excluding hydrogens is 404 g/mol. The van der Waals surface area contributed by atoms with E-state index in [4.69, 9.17) is 14.2 Å². The fraction of sp³-hybridized carbons (Fsp3) is 0.593. The number of rotatable bonds is 3. The van der Waals surface area contributed by atoms with E-state index in [1.54, 1.807) is 0 Å². The first kappa shape index (κ1) is 21.9. The van der Waals surface area contributed by atoms with Crippen molar-refractivity contribution in [3.05, 3.63) is 59.7 Å². The van der Waals surface area contributed by atoms with Crippen LogP contribution in [-0.4, -0.2) is 36.5 Å². The molecule has 2 saturated carbocycles. The maximum Gasteiger partial charge on any atom is 0.336 e. The quantitative estimate of drug-likeness (QED) is 0.420. The van der Waals surface area contributed by atoms with Crippen LogP contribution in [0.5, 0.6) is 0 Å². The average Bonchev–Trinajstić information content (AvgIpc) is 3.10. The molecular formula is C27H34O5. The molecule has 0 amide bonds. The van der Waals surface area contributed by atoms with Gasteiger partial charge in [0.05, 0.1) is 18.3 Å². The zero-order valence-electron chi connectivity index (χ0n) is 19.1. The van der Waals surface area contributed by atoms with E-state index in [2.05, 4.69) is 32.6 Å². The summed E-state index contributed by atoms with van der Waals surface area (Å²) in [6, 6.07) is 10.2. The Balaban J connectivity index is 1.38. The summed E-state index contributed by atoms with van der Waals surface area (Å²) in [5.74, 6) is 0.316. The van der Waals surface area contributed by atoms with E-state index >= 15 is 0 Å². The first-order valence-corrected chi connectivity index (χ1v) is 11.9. The number of esters is 1. The van der Waals surface area contributed by atoms with E-state index in [1.807, 2.05) is 24.3 Å². The monoisotopic (exact) mass is 438 g/mol. The summed E-state index contributed by atoms with van der Waals surface area (Å²) in [5, 5.41) is 10.1. The molecule has 1 N–H and O–H groups in total. The first-order chi connectivity index (χ1) is 15.3. The molecule has 5 heteroatoms. The Hall–Kier alpha value is -1.95. The standard InChI is InChI=1S/C27H34O5/c1-17-9-12-22-26(2,20(17)11-10-19-21(28)15-30-24(19)29)14-13-23-27(22,3)16-31-25(32-23)18-7-5-4-6-8-18/h4-8,10,20-23,25,28H,1,9,11-16H2,2-3H3/b19-10+/t20-,21+,22?,23+,25?,26+,27-/m0/s1. The summed E-state index contributed by atoms with van der Waals surface area (Å²) >= 11 is 0. The summed E-state index contributed by atoms with van der Waals surface area (Å²) in [6.07, 6.45) is 5.77. The van der Waals surface area contributed by atoms with Gasteiger partial charge in [-0.2, -0.15) is 0 Å². The molecule has 2 aliphatic carbocycles. The topological polar surface area (TPSA) is 65.0 Å². The van der Waals surface area contributed by atoms with E-state index < -0.39 is 12.1 Å². The lowest BCUT2D eigenvalue weighted by Gasteiger charge is -2.62. The van der Waals surface area contributed by atoms with Gasteiger partial charge in [0.25, 0.3) is 0 Å². The van der Waals surface area contributed by atoms with E-state index in [1.165, 1.54) is 5.57 Å². The largest absolute Gasteiger partial charge is 0.459 e. The van der Waals surface area contributed by atoms with E-state index in [-0.39, 0.29) is 35.7 Å². The van der Waals surface area contributed by atoms with Crippen molar-refractivity contribution in [2.45, 2.75) is 64.4 Å². The highest BCUT2D eigenvalue weighted by Crippen LogP contribution is 2.63. The second-order valence-corrected chi connectivity index (χ2v) is 10.5. The smallest absolute Gasteiger partial charge is 0.336 e. The normalized spacial score (nSPS) is 43.0. The molecule has 1 aromatic carbocycles. The number of carbonyl (C=O) groups is 1. The fourth-order valence-electron chi connectivity index (χ4n) is 6.98. The highest BCUT2D eigenvalue weighted by molar-refractivity contribution is 5.91. The number of benzene rings is 1. The molecule has 0 radical (unpaired) electrons. The summed E-state index contributed by atoms with van der Waals surface area (Å²) in [6.45, 7) is 9.89. The molecule has 7 atom stereocenters. The molecule has 1 aromatic rings. The Morgan fingerprint density at radius 1 is 1.19 bits per heavy atom. The van der Waals surface area contributed by atoms with E-state index in [0.29, 0.717) is 24.5 Å². The molecule has 0 aromatic heterocycles. The molecule has 0 bridgehead atoms. The van der Waals surface area contributed by atoms with Crippen LogP contribution in [0.25, 0.3) is 0 Å². The van der Waals surface area contributed by atoms with E-state index in [0.717, 1.165) is 31.2 Å². The molecule has 5 rings (SSSR count). The molecule has 0 spiro atoms. The fourth-order valence-corrected chi connectivity index (χ4v) is 6.98. The molecule has 5 nitrogen and oxygen atoms in total. The predicted octanol–water partition coefficient (Wildman–Crippen LogP) is 4.72. The van der Waals surface area contributed by atoms with Crippen LogP contribution in [0.15, 0.2) is 54.1 Å². The lowest BCUT2D eigenvalue weighted by molar-refractivity contribution is -0.307. The summed E-state index contributed by atoms with van der Waals surface area (Å²) in [4.78, 5) is 12.0. The zero-order valence-corrected chi connectivity index (χ0v) is 19.1. The van der Waals surface area contributed by atoms with Crippen molar-refractivity contribution < 1.29 is 24.1 Å². The van der Waals surface area contributed by atoms with E-state index in [9.17, 15) is 9.90 Å². The molecule has 32 heavy (non-hydrogen) atoms. The highest BCUT2D eigenvalue weighted by atomic mass is 16.7. The van der Waals surface area contributed by atoms with Gasteiger partial charge < -0.3 is 19.3 Å². The zero-order chi connectivity index (χ0) is 22.5. The van der Waals surface area contributed by atoms with Gasteiger partial charge in [0.2, 0.25) is 0 Å². The minimum atomic E-state index is -0.814. The van der Waals surface area contributed by atoms with Gasteiger partial charge in [-0.1, -0.05) is 62.4 Å². The van der Waals surface area contributed by atoms with Crippen LogP contribution in [0.4, 0.5) is 0 Å². The van der Waals surface area contributed by atoms with Crippen molar-refractivity contribution in [2.24, 2.45) is 22.7 Å². The summed E-state index contributed by atoms with van der Waals surface area (Å²) in [5.41, 5.74) is 2.72. The Morgan fingerprint density at radius 3 is 2.69 bits per heavy atom. The second kappa shape index (κ2) is 8.12. The number of fused-ring (bicyclic) bond motifs is 3. The third-order valence-corrected chi connectivity index (χ3v) is 8.76. The SMILES string of the molecule is C=C1CCC2[C@]3(C)COC(c4ccccc4)O[C@@H]3CC[C@]2(C)[C@H]1C/C=C1/C(=O)OC[C@H]1O. The number of hydrogen-bond acceptors (Lipinski definition) is 5. The van der Waals surface area contributed by atoms with Crippen LogP contribution in [0, 0.1) is 22.7 Å². The van der Waals surface area contributed by atoms with Crippen LogP contribution < -0.4 is 0 Å². The van der Waals surface area contributed by atoms with Gasteiger partial charge in [0.1, 0.15) is 12.7 Å². The lowest BCUT2D eigenvalue weighted by atomic mass is 9.46. The van der Waals surface area contributed by atoms with Gasteiger partial charge in [0.15, 0.2) is 6.29 Å². The van der Waals surface area contributed by atoms with Crippen molar-refractivity contribution in [3.8, 4) is 0 Å². The minimum absolute atomic E-state index is 0.0530. The Morgan fingerprint density at radius 2 is 1.97 bits per heavy atom. The van der Waals surface area contributed by atoms with Crippen molar-refractivity contribution in [3.63, 3.8) is 0 Å². The summed E-state index contributed by atoms with van der Waals surface area (Å²) in [7, 11) is 0. The predicted molar refractivity (Wildman–Crippen MR) is 120 cm³/mol. The maximum absolute atomic E-state index is 12.0. The molecule has 4 aliphatic rings. The lowest BCUT2D eigenvalue weighted by Crippen LogP contribution is -2.60. The third-order valence-electron chi connectivity index (χ3n) is 8.76. The number of carbonyl (C=O) groups excluding carboxylic acids is 1. The van der Waals surface area contributed by atoms with Crippen molar-refractivity contribution >= 4 is 5.97 Å². The number of aliphatic hydroxyl groups is 1. The third kappa shape index (κ3) is 3.46. The Kier molecular flexibility index (Phi) is 5.55. The Bertz CT molecular complexity index is 923. The summed E-state index contributed by atoms with van der Waals surface area (Å²) < 4.78 is 17.9. The molecule has 2 aliphatic heterocycles. The second-order valence-electron chi connectivity index (χ2n) is 10.5. The number of cyclic esters (lactones) is 1. The number of allylic oxidation sites excluding steroid dienone is 2. The van der Waals surface area contributed by atoms with Gasteiger partial charge in [-0.3, -0.25) is 0 Å². The average molecular weight is 439 g/mol. The molecule has 172 valence electrons.